The van der Waals surface area contributed by atoms with Crippen molar-refractivity contribution < 1.29 is 9.47 Å². The van der Waals surface area contributed by atoms with Crippen LogP contribution in [-0.4, -0.2) is 13.4 Å². The molecule has 0 bridgehead atoms. The van der Waals surface area contributed by atoms with Crippen LogP contribution < -0.4 is 4.74 Å². The Bertz CT molecular complexity index is 717. The molecule has 0 fully saturated rings. The molecule has 2 aromatic rings. The molecule has 0 aromatic heterocycles. The zero-order valence-corrected chi connectivity index (χ0v) is 15.8. The SMILES string of the molecule is CCC1c2cccc3c(OC(OC)C(C)C)ccc(c23)C1C(C)C. The van der Waals surface area contributed by atoms with Crippen LogP contribution in [0.15, 0.2) is 30.3 Å². The second-order valence-electron chi connectivity index (χ2n) is 7.67. The summed E-state index contributed by atoms with van der Waals surface area (Å²) in [5, 5.41) is 2.65. The van der Waals surface area contributed by atoms with E-state index in [0.29, 0.717) is 23.7 Å². The third kappa shape index (κ3) is 2.71. The highest BCUT2D eigenvalue weighted by Crippen LogP contribution is 2.52. The monoisotopic (exact) mass is 326 g/mol. The Morgan fingerprint density at radius 1 is 1.00 bits per heavy atom. The van der Waals surface area contributed by atoms with Crippen molar-refractivity contribution in [1.29, 1.82) is 0 Å². The molecule has 3 atom stereocenters. The van der Waals surface area contributed by atoms with Crippen molar-refractivity contribution in [2.24, 2.45) is 11.8 Å². The molecule has 0 saturated carbocycles. The minimum atomic E-state index is -0.216. The summed E-state index contributed by atoms with van der Waals surface area (Å²) in [4.78, 5) is 0. The Morgan fingerprint density at radius 2 is 1.75 bits per heavy atom. The standard InChI is InChI=1S/C22H30O2/c1-7-15-16-9-8-10-17-19(24-22(23-6)14(4)5)12-11-18(21(16)17)20(15)13(2)3/h8-15,20,22H,7H2,1-6H3. The van der Waals surface area contributed by atoms with Gasteiger partial charge in [0, 0.05) is 18.4 Å². The fraction of sp³-hybridized carbons (Fsp3) is 0.545. The van der Waals surface area contributed by atoms with Gasteiger partial charge in [0.25, 0.3) is 0 Å². The van der Waals surface area contributed by atoms with Crippen LogP contribution in [0.3, 0.4) is 0 Å². The number of benzene rings is 2. The van der Waals surface area contributed by atoms with E-state index in [9.17, 15) is 0 Å². The number of rotatable bonds is 6. The van der Waals surface area contributed by atoms with E-state index in [0.717, 1.165) is 5.75 Å². The Labute approximate surface area is 146 Å². The molecule has 1 aliphatic rings. The normalized spacial score (nSPS) is 21.0. The number of hydrogen-bond acceptors (Lipinski definition) is 2. The average Bonchev–Trinajstić information content (AvgIpc) is 2.89. The van der Waals surface area contributed by atoms with E-state index >= 15 is 0 Å². The molecular formula is C22H30O2. The molecule has 0 N–H and O–H groups in total. The maximum Gasteiger partial charge on any atom is 0.201 e. The van der Waals surface area contributed by atoms with Crippen LogP contribution in [0, 0.1) is 11.8 Å². The van der Waals surface area contributed by atoms with E-state index in [1.165, 1.54) is 28.3 Å². The van der Waals surface area contributed by atoms with Gasteiger partial charge in [0.2, 0.25) is 6.29 Å². The Hall–Kier alpha value is -1.54. The first kappa shape index (κ1) is 17.3. The largest absolute Gasteiger partial charge is 0.464 e. The summed E-state index contributed by atoms with van der Waals surface area (Å²) >= 11 is 0. The lowest BCUT2D eigenvalue weighted by atomic mass is 9.80. The first-order chi connectivity index (χ1) is 11.5. The van der Waals surface area contributed by atoms with E-state index in [-0.39, 0.29) is 6.29 Å². The Morgan fingerprint density at radius 3 is 2.33 bits per heavy atom. The molecule has 0 spiro atoms. The Kier molecular flexibility index (Phi) is 4.87. The third-order valence-corrected chi connectivity index (χ3v) is 5.43. The zero-order valence-electron chi connectivity index (χ0n) is 15.8. The molecular weight excluding hydrogens is 296 g/mol. The van der Waals surface area contributed by atoms with Crippen molar-refractivity contribution in [3.8, 4) is 5.75 Å². The summed E-state index contributed by atoms with van der Waals surface area (Å²) in [6.45, 7) is 11.2. The van der Waals surface area contributed by atoms with Crippen molar-refractivity contribution in [3.05, 3.63) is 41.5 Å². The predicted molar refractivity (Wildman–Crippen MR) is 101 cm³/mol. The second kappa shape index (κ2) is 6.76. The second-order valence-corrected chi connectivity index (χ2v) is 7.67. The highest BCUT2D eigenvalue weighted by Gasteiger charge is 2.35. The van der Waals surface area contributed by atoms with Crippen molar-refractivity contribution in [3.63, 3.8) is 0 Å². The highest BCUT2D eigenvalue weighted by molar-refractivity contribution is 5.96. The van der Waals surface area contributed by atoms with E-state index in [2.05, 4.69) is 65.0 Å². The fourth-order valence-electron chi connectivity index (χ4n) is 4.42. The molecule has 2 heteroatoms. The number of hydrogen-bond donors (Lipinski definition) is 0. The van der Waals surface area contributed by atoms with Gasteiger partial charge in [-0.2, -0.15) is 0 Å². The third-order valence-electron chi connectivity index (χ3n) is 5.43. The molecule has 1 aliphatic carbocycles. The minimum Gasteiger partial charge on any atom is -0.464 e. The molecule has 24 heavy (non-hydrogen) atoms. The molecule has 0 aliphatic heterocycles. The fourth-order valence-corrected chi connectivity index (χ4v) is 4.42. The Balaban J connectivity index is 2.13. The van der Waals surface area contributed by atoms with Crippen molar-refractivity contribution in [1.82, 2.24) is 0 Å². The molecule has 130 valence electrons. The molecule has 0 amide bonds. The first-order valence-corrected chi connectivity index (χ1v) is 9.24. The van der Waals surface area contributed by atoms with E-state index in [4.69, 9.17) is 9.47 Å². The lowest BCUT2D eigenvalue weighted by Gasteiger charge is -2.24. The summed E-state index contributed by atoms with van der Waals surface area (Å²) in [7, 11) is 1.71. The molecule has 0 saturated heterocycles. The van der Waals surface area contributed by atoms with Crippen LogP contribution in [0.5, 0.6) is 5.75 Å². The summed E-state index contributed by atoms with van der Waals surface area (Å²) in [6, 6.07) is 11.1. The van der Waals surface area contributed by atoms with Crippen molar-refractivity contribution >= 4 is 10.8 Å². The lowest BCUT2D eigenvalue weighted by molar-refractivity contribution is -0.0825. The van der Waals surface area contributed by atoms with Gasteiger partial charge in [-0.3, -0.25) is 0 Å². The van der Waals surface area contributed by atoms with Gasteiger partial charge < -0.3 is 9.47 Å². The summed E-state index contributed by atoms with van der Waals surface area (Å²) in [5.41, 5.74) is 2.99. The van der Waals surface area contributed by atoms with Gasteiger partial charge in [0.05, 0.1) is 0 Å². The van der Waals surface area contributed by atoms with E-state index in [1.807, 2.05) is 0 Å². The van der Waals surface area contributed by atoms with Gasteiger partial charge >= 0.3 is 0 Å². The molecule has 2 nitrogen and oxygen atoms in total. The maximum absolute atomic E-state index is 6.22. The molecule has 2 aromatic carbocycles. The minimum absolute atomic E-state index is 0.216. The summed E-state index contributed by atoms with van der Waals surface area (Å²) < 4.78 is 11.7. The van der Waals surface area contributed by atoms with Crippen molar-refractivity contribution in [2.45, 2.75) is 59.2 Å². The first-order valence-electron chi connectivity index (χ1n) is 9.24. The van der Waals surface area contributed by atoms with Gasteiger partial charge in [0.1, 0.15) is 5.75 Å². The summed E-state index contributed by atoms with van der Waals surface area (Å²) in [6.07, 6.45) is 0.964. The average molecular weight is 326 g/mol. The van der Waals surface area contributed by atoms with Gasteiger partial charge in [-0.05, 0) is 46.8 Å². The van der Waals surface area contributed by atoms with Crippen LogP contribution in [0.4, 0.5) is 0 Å². The molecule has 3 rings (SSSR count). The molecule has 3 unspecified atom stereocenters. The van der Waals surface area contributed by atoms with Gasteiger partial charge in [-0.25, -0.2) is 0 Å². The van der Waals surface area contributed by atoms with Crippen LogP contribution in [-0.2, 0) is 4.74 Å². The zero-order chi connectivity index (χ0) is 17.4. The van der Waals surface area contributed by atoms with Gasteiger partial charge in [0.15, 0.2) is 0 Å². The van der Waals surface area contributed by atoms with Crippen LogP contribution >= 0.6 is 0 Å². The summed E-state index contributed by atoms with van der Waals surface area (Å²) in [5.74, 6) is 3.11. The molecule has 0 radical (unpaired) electrons. The van der Waals surface area contributed by atoms with E-state index < -0.39 is 0 Å². The quantitative estimate of drug-likeness (QED) is 0.598. The number of ether oxygens (including phenoxy) is 2. The lowest BCUT2D eigenvalue weighted by Crippen LogP contribution is -2.25. The maximum atomic E-state index is 6.22. The van der Waals surface area contributed by atoms with Crippen LogP contribution in [0.2, 0.25) is 0 Å². The van der Waals surface area contributed by atoms with Crippen molar-refractivity contribution in [2.75, 3.05) is 7.11 Å². The smallest absolute Gasteiger partial charge is 0.201 e. The van der Waals surface area contributed by atoms with Crippen LogP contribution in [0.25, 0.3) is 10.8 Å². The van der Waals surface area contributed by atoms with Gasteiger partial charge in [-0.15, -0.1) is 0 Å². The van der Waals surface area contributed by atoms with Gasteiger partial charge in [-0.1, -0.05) is 58.9 Å². The van der Waals surface area contributed by atoms with Crippen LogP contribution in [0.1, 0.15) is 64.0 Å². The predicted octanol–water partition coefficient (Wildman–Crippen LogP) is 6.09. The highest BCUT2D eigenvalue weighted by atomic mass is 16.7. The number of methoxy groups -OCH3 is 1. The molecule has 0 heterocycles. The topological polar surface area (TPSA) is 18.5 Å². The van der Waals surface area contributed by atoms with E-state index in [1.54, 1.807) is 7.11 Å².